The van der Waals surface area contributed by atoms with Crippen molar-refractivity contribution in [2.24, 2.45) is 0 Å². The molecule has 0 saturated carbocycles. The molecule has 0 bridgehead atoms. The van der Waals surface area contributed by atoms with E-state index >= 15 is 0 Å². The Hall–Kier alpha value is -2.88. The van der Waals surface area contributed by atoms with Crippen LogP contribution in [0.5, 0.6) is 0 Å². The minimum Gasteiger partial charge on any atom is -0.379 e. The molecule has 1 saturated heterocycles. The summed E-state index contributed by atoms with van der Waals surface area (Å²) >= 11 is 0. The van der Waals surface area contributed by atoms with E-state index in [0.717, 1.165) is 49.3 Å². The van der Waals surface area contributed by atoms with Crippen molar-refractivity contribution in [3.8, 4) is 6.07 Å². The number of carbonyl (C=O) groups excluding carboxylic acids is 1. The number of amides is 1. The third kappa shape index (κ3) is 4.82. The first kappa shape index (κ1) is 17.9. The minimum atomic E-state index is -0.367. The lowest BCUT2D eigenvalue weighted by atomic mass is 10.1. The molecule has 0 radical (unpaired) electrons. The van der Waals surface area contributed by atoms with Crippen LogP contribution < -0.4 is 10.6 Å². The van der Waals surface area contributed by atoms with Gasteiger partial charge in [-0.3, -0.25) is 9.69 Å². The topological polar surface area (TPSA) is 77.4 Å². The molecule has 1 heterocycles. The number of fused-ring (bicyclic) bond motifs is 1. The fourth-order valence-electron chi connectivity index (χ4n) is 2.83. The van der Waals surface area contributed by atoms with E-state index in [9.17, 15) is 10.1 Å². The molecule has 0 unspecified atom stereocenters. The van der Waals surface area contributed by atoms with Crippen molar-refractivity contribution in [1.82, 2.24) is 10.2 Å². The summed E-state index contributed by atoms with van der Waals surface area (Å²) in [6.45, 7) is 4.47. The molecule has 0 aromatic heterocycles. The van der Waals surface area contributed by atoms with Crippen molar-refractivity contribution in [3.05, 3.63) is 54.2 Å². The first-order valence-electron chi connectivity index (χ1n) is 8.70. The summed E-state index contributed by atoms with van der Waals surface area (Å²) in [4.78, 5) is 14.4. The normalized spacial score (nSPS) is 15.4. The second-order valence-corrected chi connectivity index (χ2v) is 6.09. The molecule has 1 amide bonds. The average Bonchev–Trinajstić information content (AvgIpc) is 2.69. The molecule has 0 spiro atoms. The molecule has 26 heavy (non-hydrogen) atoms. The van der Waals surface area contributed by atoms with Crippen LogP contribution in [-0.2, 0) is 9.53 Å². The van der Waals surface area contributed by atoms with Crippen molar-refractivity contribution in [1.29, 1.82) is 5.26 Å². The highest BCUT2D eigenvalue weighted by molar-refractivity contribution is 5.97. The summed E-state index contributed by atoms with van der Waals surface area (Å²) in [5.41, 5.74) is 0.887. The van der Waals surface area contributed by atoms with Crippen LogP contribution in [0.3, 0.4) is 0 Å². The molecule has 2 aromatic rings. The Morgan fingerprint density at radius 3 is 2.73 bits per heavy atom. The molecule has 0 aliphatic carbocycles. The lowest BCUT2D eigenvalue weighted by molar-refractivity contribution is -0.117. The molecule has 1 aliphatic rings. The molecule has 3 rings (SSSR count). The van der Waals surface area contributed by atoms with E-state index in [2.05, 4.69) is 15.5 Å². The first-order chi connectivity index (χ1) is 12.8. The fraction of sp³-hybridized carbons (Fsp3) is 0.300. The van der Waals surface area contributed by atoms with Crippen LogP contribution in [-0.4, -0.2) is 50.2 Å². The Bertz CT molecular complexity index is 835. The summed E-state index contributed by atoms with van der Waals surface area (Å²) in [6, 6.07) is 15.9. The van der Waals surface area contributed by atoms with Crippen LogP contribution in [0.25, 0.3) is 10.8 Å². The number of nitriles is 1. The van der Waals surface area contributed by atoms with Gasteiger partial charge >= 0.3 is 0 Å². The van der Waals surface area contributed by atoms with Crippen LogP contribution in [0, 0.1) is 11.3 Å². The second-order valence-electron chi connectivity index (χ2n) is 6.09. The van der Waals surface area contributed by atoms with Crippen molar-refractivity contribution >= 4 is 22.4 Å². The number of hydrogen-bond donors (Lipinski definition) is 2. The quantitative estimate of drug-likeness (QED) is 0.616. The molecule has 134 valence electrons. The number of morpholine rings is 1. The zero-order valence-electron chi connectivity index (χ0n) is 14.6. The van der Waals surface area contributed by atoms with Crippen molar-refractivity contribution < 1.29 is 9.53 Å². The van der Waals surface area contributed by atoms with Gasteiger partial charge in [-0.1, -0.05) is 30.3 Å². The monoisotopic (exact) mass is 350 g/mol. The number of ether oxygens (including phenoxy) is 1. The zero-order chi connectivity index (χ0) is 18.2. The van der Waals surface area contributed by atoms with Gasteiger partial charge in [0.05, 0.1) is 13.2 Å². The highest BCUT2D eigenvalue weighted by Crippen LogP contribution is 2.18. The van der Waals surface area contributed by atoms with E-state index in [0.29, 0.717) is 6.54 Å². The van der Waals surface area contributed by atoms with Crippen LogP contribution in [0.15, 0.2) is 54.2 Å². The Morgan fingerprint density at radius 1 is 1.19 bits per heavy atom. The van der Waals surface area contributed by atoms with Gasteiger partial charge < -0.3 is 15.4 Å². The molecule has 6 heteroatoms. The second kappa shape index (κ2) is 8.99. The minimum absolute atomic E-state index is 0.0557. The molecule has 0 atom stereocenters. The van der Waals surface area contributed by atoms with E-state index in [-0.39, 0.29) is 11.5 Å². The van der Waals surface area contributed by atoms with Crippen LogP contribution in [0.1, 0.15) is 0 Å². The van der Waals surface area contributed by atoms with Gasteiger partial charge in [-0.05, 0) is 22.9 Å². The van der Waals surface area contributed by atoms with Gasteiger partial charge in [0, 0.05) is 38.1 Å². The molecule has 1 fully saturated rings. The number of carbonyl (C=O) groups is 1. The maximum Gasteiger partial charge on any atom is 0.263 e. The van der Waals surface area contributed by atoms with Gasteiger partial charge in [0.1, 0.15) is 11.6 Å². The highest BCUT2D eigenvalue weighted by atomic mass is 16.5. The van der Waals surface area contributed by atoms with Gasteiger partial charge in [-0.25, -0.2) is 0 Å². The summed E-state index contributed by atoms with van der Waals surface area (Å²) < 4.78 is 5.29. The number of hydrogen-bond acceptors (Lipinski definition) is 5. The standard InChI is InChI=1S/C20H22N4O2/c21-14-18(20(25)22-7-8-24-9-11-26-12-10-24)15-23-19-6-5-16-3-1-2-4-17(16)13-19/h1-6,13,15,23H,7-12H2,(H,22,25)/b18-15-. The number of rotatable bonds is 6. The molecule has 2 aromatic carbocycles. The third-order valence-corrected chi connectivity index (χ3v) is 4.32. The van der Waals surface area contributed by atoms with Crippen molar-refractivity contribution in [3.63, 3.8) is 0 Å². The molecule has 6 nitrogen and oxygen atoms in total. The number of nitrogens with one attached hydrogen (secondary N) is 2. The van der Waals surface area contributed by atoms with Gasteiger partial charge in [0.2, 0.25) is 0 Å². The van der Waals surface area contributed by atoms with E-state index in [1.807, 2.05) is 48.5 Å². The van der Waals surface area contributed by atoms with Crippen LogP contribution in [0.2, 0.25) is 0 Å². The Labute approximate surface area is 153 Å². The fourth-order valence-corrected chi connectivity index (χ4v) is 2.83. The summed E-state index contributed by atoms with van der Waals surface area (Å²) in [7, 11) is 0. The summed E-state index contributed by atoms with van der Waals surface area (Å²) in [6.07, 6.45) is 1.45. The van der Waals surface area contributed by atoms with E-state index in [1.165, 1.54) is 6.20 Å². The van der Waals surface area contributed by atoms with Crippen molar-refractivity contribution in [2.45, 2.75) is 0 Å². The number of benzene rings is 2. The van der Waals surface area contributed by atoms with Gasteiger partial charge in [0.15, 0.2) is 0 Å². The van der Waals surface area contributed by atoms with Gasteiger partial charge in [-0.15, -0.1) is 0 Å². The van der Waals surface area contributed by atoms with Gasteiger partial charge in [-0.2, -0.15) is 5.26 Å². The highest BCUT2D eigenvalue weighted by Gasteiger charge is 2.12. The Kier molecular flexibility index (Phi) is 6.20. The predicted molar refractivity (Wildman–Crippen MR) is 102 cm³/mol. The summed E-state index contributed by atoms with van der Waals surface area (Å²) in [5, 5.41) is 17.3. The van der Waals surface area contributed by atoms with Crippen LogP contribution >= 0.6 is 0 Å². The Balaban J connectivity index is 1.54. The molecule has 1 aliphatic heterocycles. The van der Waals surface area contributed by atoms with Gasteiger partial charge in [0.25, 0.3) is 5.91 Å². The number of nitrogens with zero attached hydrogens (tertiary/aromatic N) is 2. The average molecular weight is 350 g/mol. The first-order valence-corrected chi connectivity index (χ1v) is 8.70. The number of anilines is 1. The molecule has 2 N–H and O–H groups in total. The zero-order valence-corrected chi connectivity index (χ0v) is 14.6. The van der Waals surface area contributed by atoms with E-state index in [1.54, 1.807) is 0 Å². The maximum absolute atomic E-state index is 12.2. The van der Waals surface area contributed by atoms with E-state index in [4.69, 9.17) is 4.74 Å². The smallest absolute Gasteiger partial charge is 0.263 e. The third-order valence-electron chi connectivity index (χ3n) is 4.32. The maximum atomic E-state index is 12.2. The lowest BCUT2D eigenvalue weighted by Gasteiger charge is -2.26. The predicted octanol–water partition coefficient (Wildman–Crippen LogP) is 2.11. The van der Waals surface area contributed by atoms with Crippen LogP contribution in [0.4, 0.5) is 5.69 Å². The summed E-state index contributed by atoms with van der Waals surface area (Å²) in [5.74, 6) is -0.367. The SMILES string of the molecule is N#C/C(=C/Nc1ccc2ccccc2c1)C(=O)NCCN1CCOCC1. The lowest BCUT2D eigenvalue weighted by Crippen LogP contribution is -2.41. The molecular weight excluding hydrogens is 328 g/mol. The largest absolute Gasteiger partial charge is 0.379 e. The molecular formula is C20H22N4O2. The van der Waals surface area contributed by atoms with Crippen molar-refractivity contribution in [2.75, 3.05) is 44.7 Å². The Morgan fingerprint density at radius 2 is 1.96 bits per heavy atom. The van der Waals surface area contributed by atoms with E-state index < -0.39 is 0 Å².